The first-order chi connectivity index (χ1) is 10.7. The van der Waals surface area contributed by atoms with E-state index in [-0.39, 0.29) is 6.09 Å². The van der Waals surface area contributed by atoms with Crippen LogP contribution in [0.4, 0.5) is 4.79 Å². The van der Waals surface area contributed by atoms with E-state index in [9.17, 15) is 4.79 Å². The molecule has 2 aliphatic rings. The quantitative estimate of drug-likeness (QED) is 0.830. The molecule has 0 bridgehead atoms. The predicted molar refractivity (Wildman–Crippen MR) is 94.6 cm³/mol. The lowest BCUT2D eigenvalue weighted by Gasteiger charge is -2.26. The van der Waals surface area contributed by atoms with Crippen LogP contribution in [0.3, 0.4) is 0 Å². The SMILES string of the molecule is CC(C)(C)OC(=O)N1CC2C(C1)C2NCc1cc(Br)ccc1Cl. The third-order valence-corrected chi connectivity index (χ3v) is 5.24. The predicted octanol–water partition coefficient (Wildman–Crippen LogP) is 4.06. The van der Waals surface area contributed by atoms with E-state index < -0.39 is 5.60 Å². The van der Waals surface area contributed by atoms with Gasteiger partial charge in [-0.2, -0.15) is 0 Å². The summed E-state index contributed by atoms with van der Waals surface area (Å²) >= 11 is 9.69. The van der Waals surface area contributed by atoms with Gasteiger partial charge in [0, 0.05) is 35.2 Å². The summed E-state index contributed by atoms with van der Waals surface area (Å²) in [5.41, 5.74) is 0.661. The zero-order valence-electron chi connectivity index (χ0n) is 13.6. The number of rotatable bonds is 3. The van der Waals surface area contributed by atoms with Crippen molar-refractivity contribution in [2.24, 2.45) is 11.8 Å². The van der Waals surface area contributed by atoms with Crippen molar-refractivity contribution < 1.29 is 9.53 Å². The van der Waals surface area contributed by atoms with Crippen LogP contribution in [0, 0.1) is 11.8 Å². The Hall–Kier alpha value is -0.780. The van der Waals surface area contributed by atoms with E-state index in [1.807, 2.05) is 43.9 Å². The maximum atomic E-state index is 12.1. The first-order valence-electron chi connectivity index (χ1n) is 7.90. The van der Waals surface area contributed by atoms with Crippen molar-refractivity contribution in [3.8, 4) is 0 Å². The van der Waals surface area contributed by atoms with Gasteiger partial charge in [0.2, 0.25) is 0 Å². The Morgan fingerprint density at radius 1 is 1.39 bits per heavy atom. The van der Waals surface area contributed by atoms with Crippen molar-refractivity contribution in [1.29, 1.82) is 0 Å². The second-order valence-electron chi connectivity index (χ2n) is 7.36. The number of hydrogen-bond donors (Lipinski definition) is 1. The van der Waals surface area contributed by atoms with Gasteiger partial charge in [0.15, 0.2) is 0 Å². The highest BCUT2D eigenvalue weighted by molar-refractivity contribution is 9.10. The molecule has 1 aliphatic heterocycles. The number of amides is 1. The molecule has 2 unspecified atom stereocenters. The molecule has 4 nitrogen and oxygen atoms in total. The molecule has 1 aromatic rings. The fraction of sp³-hybridized carbons (Fsp3) is 0.588. The largest absolute Gasteiger partial charge is 0.444 e. The molecule has 1 saturated heterocycles. The summed E-state index contributed by atoms with van der Waals surface area (Å²) in [6, 6.07) is 6.36. The average Bonchev–Trinajstić information content (AvgIpc) is 2.89. The van der Waals surface area contributed by atoms with Gasteiger partial charge in [0.25, 0.3) is 0 Å². The number of piperidine rings is 1. The number of ether oxygens (including phenoxy) is 1. The number of carbonyl (C=O) groups is 1. The number of nitrogens with one attached hydrogen (secondary N) is 1. The zero-order valence-corrected chi connectivity index (χ0v) is 15.9. The maximum Gasteiger partial charge on any atom is 0.410 e. The standard InChI is InChI=1S/C17H22BrClN2O2/c1-17(2,3)23-16(22)21-8-12-13(9-21)15(12)20-7-10-6-11(18)4-5-14(10)19/h4-6,12-13,15,20H,7-9H2,1-3H3. The van der Waals surface area contributed by atoms with Gasteiger partial charge in [-0.15, -0.1) is 0 Å². The van der Waals surface area contributed by atoms with Gasteiger partial charge in [-0.05, 0) is 56.4 Å². The van der Waals surface area contributed by atoms with Crippen molar-refractivity contribution in [2.45, 2.75) is 39.0 Å². The molecule has 23 heavy (non-hydrogen) atoms. The van der Waals surface area contributed by atoms with E-state index in [2.05, 4.69) is 21.2 Å². The first kappa shape index (κ1) is 17.1. The van der Waals surface area contributed by atoms with Gasteiger partial charge in [0.05, 0.1) is 0 Å². The number of likely N-dealkylation sites (tertiary alicyclic amines) is 1. The molecule has 1 heterocycles. The van der Waals surface area contributed by atoms with Crippen LogP contribution in [-0.4, -0.2) is 35.7 Å². The number of benzene rings is 1. The van der Waals surface area contributed by atoms with Crippen LogP contribution >= 0.6 is 27.5 Å². The first-order valence-corrected chi connectivity index (χ1v) is 9.07. The lowest BCUT2D eigenvalue weighted by atomic mass is 10.2. The molecule has 126 valence electrons. The Kier molecular flexibility index (Phi) is 4.64. The maximum absolute atomic E-state index is 12.1. The Labute approximate surface area is 150 Å². The molecular weight excluding hydrogens is 380 g/mol. The summed E-state index contributed by atoms with van der Waals surface area (Å²) in [6.45, 7) is 8.00. The second-order valence-corrected chi connectivity index (χ2v) is 8.68. The number of carbonyl (C=O) groups excluding carboxylic acids is 1. The molecular formula is C17H22BrClN2O2. The minimum Gasteiger partial charge on any atom is -0.444 e. The minimum atomic E-state index is -0.432. The van der Waals surface area contributed by atoms with Crippen LogP contribution in [0.5, 0.6) is 0 Å². The number of hydrogen-bond acceptors (Lipinski definition) is 3. The Morgan fingerprint density at radius 2 is 2.04 bits per heavy atom. The second kappa shape index (κ2) is 6.26. The minimum absolute atomic E-state index is 0.196. The molecule has 0 spiro atoms. The highest BCUT2D eigenvalue weighted by Crippen LogP contribution is 2.46. The molecule has 2 atom stereocenters. The van der Waals surface area contributed by atoms with Crippen LogP contribution in [0.15, 0.2) is 22.7 Å². The molecule has 0 aromatic heterocycles. The van der Waals surface area contributed by atoms with Gasteiger partial charge in [0.1, 0.15) is 5.60 Å². The Morgan fingerprint density at radius 3 is 2.65 bits per heavy atom. The van der Waals surface area contributed by atoms with Crippen molar-refractivity contribution >= 4 is 33.6 Å². The van der Waals surface area contributed by atoms with Crippen LogP contribution < -0.4 is 5.32 Å². The lowest BCUT2D eigenvalue weighted by molar-refractivity contribution is 0.0269. The average molecular weight is 402 g/mol. The Balaban J connectivity index is 1.47. The molecule has 1 aliphatic carbocycles. The van der Waals surface area contributed by atoms with Crippen LogP contribution in [0.2, 0.25) is 5.02 Å². The van der Waals surface area contributed by atoms with E-state index in [4.69, 9.17) is 16.3 Å². The van der Waals surface area contributed by atoms with Gasteiger partial charge in [-0.25, -0.2) is 4.79 Å². The lowest BCUT2D eigenvalue weighted by Crippen LogP contribution is -2.39. The molecule has 2 fully saturated rings. The van der Waals surface area contributed by atoms with E-state index in [0.29, 0.717) is 17.9 Å². The van der Waals surface area contributed by atoms with E-state index in [1.165, 1.54) is 0 Å². The molecule has 0 radical (unpaired) electrons. The molecule has 1 amide bonds. The van der Waals surface area contributed by atoms with Gasteiger partial charge in [-0.1, -0.05) is 27.5 Å². The third kappa shape index (κ3) is 4.01. The number of halogens is 2. The normalized spacial score (nSPS) is 26.1. The Bertz CT molecular complexity index is 605. The summed E-state index contributed by atoms with van der Waals surface area (Å²) in [5, 5.41) is 4.35. The van der Waals surface area contributed by atoms with Gasteiger partial charge in [-0.3, -0.25) is 0 Å². The number of fused-ring (bicyclic) bond motifs is 1. The summed E-state index contributed by atoms with van der Waals surface area (Å²) in [4.78, 5) is 13.9. The van der Waals surface area contributed by atoms with Crippen LogP contribution in [-0.2, 0) is 11.3 Å². The van der Waals surface area contributed by atoms with Crippen molar-refractivity contribution in [1.82, 2.24) is 10.2 Å². The van der Waals surface area contributed by atoms with Crippen molar-refractivity contribution in [3.63, 3.8) is 0 Å². The van der Waals surface area contributed by atoms with Crippen LogP contribution in [0.25, 0.3) is 0 Å². The summed E-state index contributed by atoms with van der Waals surface area (Å²) < 4.78 is 6.46. The van der Waals surface area contributed by atoms with Crippen molar-refractivity contribution in [2.75, 3.05) is 13.1 Å². The monoisotopic (exact) mass is 400 g/mol. The zero-order chi connectivity index (χ0) is 16.8. The van der Waals surface area contributed by atoms with Gasteiger partial charge < -0.3 is 15.0 Å². The molecule has 6 heteroatoms. The van der Waals surface area contributed by atoms with E-state index >= 15 is 0 Å². The van der Waals surface area contributed by atoms with E-state index in [0.717, 1.165) is 34.7 Å². The smallest absolute Gasteiger partial charge is 0.410 e. The summed E-state index contributed by atoms with van der Waals surface area (Å²) in [6.07, 6.45) is -0.196. The summed E-state index contributed by atoms with van der Waals surface area (Å²) in [5.74, 6) is 1.07. The number of nitrogens with zero attached hydrogens (tertiary/aromatic N) is 1. The fourth-order valence-electron chi connectivity index (χ4n) is 3.21. The van der Waals surface area contributed by atoms with Crippen LogP contribution in [0.1, 0.15) is 26.3 Å². The topological polar surface area (TPSA) is 41.6 Å². The molecule has 3 rings (SSSR count). The van der Waals surface area contributed by atoms with Crippen molar-refractivity contribution in [3.05, 3.63) is 33.3 Å². The summed E-state index contributed by atoms with van der Waals surface area (Å²) in [7, 11) is 0. The fourth-order valence-corrected chi connectivity index (χ4v) is 3.80. The molecule has 1 aromatic carbocycles. The highest BCUT2D eigenvalue weighted by Gasteiger charge is 2.56. The highest BCUT2D eigenvalue weighted by atomic mass is 79.9. The van der Waals surface area contributed by atoms with E-state index in [1.54, 1.807) is 0 Å². The third-order valence-electron chi connectivity index (χ3n) is 4.38. The molecule has 1 N–H and O–H groups in total. The molecule has 1 saturated carbocycles. The van der Waals surface area contributed by atoms with Gasteiger partial charge >= 0.3 is 6.09 Å².